The molecule has 0 spiro atoms. The highest BCUT2D eigenvalue weighted by Crippen LogP contribution is 2.25. The maximum Gasteiger partial charge on any atom is 0.226 e. The lowest BCUT2D eigenvalue weighted by Crippen LogP contribution is -2.24. The molecule has 1 rings (SSSR count). The molecule has 1 aromatic heterocycles. The van der Waals surface area contributed by atoms with Crippen molar-refractivity contribution in [3.8, 4) is 0 Å². The van der Waals surface area contributed by atoms with Crippen LogP contribution in [0.25, 0.3) is 0 Å². The van der Waals surface area contributed by atoms with Crippen LogP contribution in [-0.2, 0) is 16.8 Å². The molecule has 15 heavy (non-hydrogen) atoms. The first-order valence-electron chi connectivity index (χ1n) is 5.24. The Morgan fingerprint density at radius 3 is 2.80 bits per heavy atom. The van der Waals surface area contributed by atoms with E-state index in [1.807, 2.05) is 13.8 Å². The lowest BCUT2D eigenvalue weighted by Gasteiger charge is -2.21. The van der Waals surface area contributed by atoms with Crippen molar-refractivity contribution in [3.63, 3.8) is 0 Å². The standard InChI is InChI=1S/C10H19N3O2/c1-4-10(2,14-3)9-12-8(15-13-9)6-5-7-11/h4-7,11H2,1-3H3. The predicted molar refractivity (Wildman–Crippen MR) is 56.3 cm³/mol. The highest BCUT2D eigenvalue weighted by atomic mass is 16.5. The van der Waals surface area contributed by atoms with Crippen LogP contribution in [0.5, 0.6) is 0 Å². The number of methoxy groups -OCH3 is 1. The zero-order valence-electron chi connectivity index (χ0n) is 9.62. The predicted octanol–water partition coefficient (Wildman–Crippen LogP) is 1.23. The van der Waals surface area contributed by atoms with Crippen molar-refractivity contribution in [3.05, 3.63) is 11.7 Å². The molecule has 0 aliphatic heterocycles. The Balaban J connectivity index is 2.74. The molecule has 1 unspecified atom stereocenters. The van der Waals surface area contributed by atoms with Crippen molar-refractivity contribution in [2.45, 2.75) is 38.7 Å². The molecule has 0 radical (unpaired) electrons. The third-order valence-corrected chi connectivity index (χ3v) is 2.66. The Labute approximate surface area is 90.0 Å². The van der Waals surface area contributed by atoms with Gasteiger partial charge in [-0.2, -0.15) is 4.98 Å². The number of hydrogen-bond acceptors (Lipinski definition) is 5. The average molecular weight is 213 g/mol. The molecule has 0 bridgehead atoms. The molecule has 2 N–H and O–H groups in total. The summed E-state index contributed by atoms with van der Waals surface area (Å²) in [5.74, 6) is 1.24. The van der Waals surface area contributed by atoms with Gasteiger partial charge in [-0.1, -0.05) is 12.1 Å². The first-order chi connectivity index (χ1) is 7.16. The van der Waals surface area contributed by atoms with Gasteiger partial charge in [0.25, 0.3) is 0 Å². The SMILES string of the molecule is CCC(C)(OC)c1noc(CCCN)n1. The largest absolute Gasteiger partial charge is 0.370 e. The fourth-order valence-corrected chi connectivity index (χ4v) is 1.22. The van der Waals surface area contributed by atoms with Crippen LogP contribution in [0.2, 0.25) is 0 Å². The lowest BCUT2D eigenvalue weighted by atomic mass is 10.0. The quantitative estimate of drug-likeness (QED) is 0.769. The van der Waals surface area contributed by atoms with E-state index in [0.29, 0.717) is 18.3 Å². The third kappa shape index (κ3) is 2.76. The van der Waals surface area contributed by atoms with E-state index in [9.17, 15) is 0 Å². The summed E-state index contributed by atoms with van der Waals surface area (Å²) in [4.78, 5) is 4.30. The van der Waals surface area contributed by atoms with E-state index < -0.39 is 5.60 Å². The fraction of sp³-hybridized carbons (Fsp3) is 0.800. The number of nitrogens with two attached hydrogens (primary N) is 1. The van der Waals surface area contributed by atoms with Gasteiger partial charge in [0.2, 0.25) is 11.7 Å². The molecule has 5 nitrogen and oxygen atoms in total. The summed E-state index contributed by atoms with van der Waals surface area (Å²) in [6.45, 7) is 4.61. The Kier molecular flexibility index (Phi) is 4.23. The minimum Gasteiger partial charge on any atom is -0.370 e. The first kappa shape index (κ1) is 12.1. The Morgan fingerprint density at radius 1 is 1.53 bits per heavy atom. The number of nitrogens with zero attached hydrogens (tertiary/aromatic N) is 2. The second-order valence-corrected chi connectivity index (χ2v) is 3.69. The van der Waals surface area contributed by atoms with E-state index in [-0.39, 0.29) is 0 Å². The third-order valence-electron chi connectivity index (χ3n) is 2.66. The minimum atomic E-state index is -0.454. The molecule has 0 saturated carbocycles. The summed E-state index contributed by atoms with van der Waals surface area (Å²) in [6.07, 6.45) is 2.39. The van der Waals surface area contributed by atoms with E-state index in [0.717, 1.165) is 19.3 Å². The first-order valence-corrected chi connectivity index (χ1v) is 5.24. The van der Waals surface area contributed by atoms with Gasteiger partial charge in [0, 0.05) is 13.5 Å². The van der Waals surface area contributed by atoms with Gasteiger partial charge in [-0.3, -0.25) is 0 Å². The number of hydrogen-bond donors (Lipinski definition) is 1. The molecular formula is C10H19N3O2. The lowest BCUT2D eigenvalue weighted by molar-refractivity contribution is -0.0106. The second kappa shape index (κ2) is 5.23. The van der Waals surface area contributed by atoms with E-state index >= 15 is 0 Å². The molecule has 5 heteroatoms. The van der Waals surface area contributed by atoms with Crippen LogP contribution < -0.4 is 5.73 Å². The van der Waals surface area contributed by atoms with Crippen LogP contribution in [0.4, 0.5) is 0 Å². The Bertz CT molecular complexity index is 295. The normalized spacial score (nSPS) is 15.2. The fourth-order valence-electron chi connectivity index (χ4n) is 1.22. The molecular weight excluding hydrogens is 194 g/mol. The second-order valence-electron chi connectivity index (χ2n) is 3.69. The van der Waals surface area contributed by atoms with Crippen molar-refractivity contribution in [2.24, 2.45) is 5.73 Å². The van der Waals surface area contributed by atoms with Crippen LogP contribution in [-0.4, -0.2) is 23.8 Å². The van der Waals surface area contributed by atoms with Gasteiger partial charge in [0.15, 0.2) is 0 Å². The van der Waals surface area contributed by atoms with Crippen molar-refractivity contribution in [2.75, 3.05) is 13.7 Å². The molecule has 0 fully saturated rings. The van der Waals surface area contributed by atoms with Gasteiger partial charge in [-0.05, 0) is 26.3 Å². The van der Waals surface area contributed by atoms with Crippen molar-refractivity contribution in [1.82, 2.24) is 10.1 Å². The highest BCUT2D eigenvalue weighted by molar-refractivity contribution is 4.99. The number of rotatable bonds is 6. The molecule has 1 heterocycles. The molecule has 0 amide bonds. The topological polar surface area (TPSA) is 74.2 Å². The summed E-state index contributed by atoms with van der Waals surface area (Å²) in [5.41, 5.74) is 4.95. The highest BCUT2D eigenvalue weighted by Gasteiger charge is 2.29. The number of ether oxygens (including phenoxy) is 1. The van der Waals surface area contributed by atoms with Crippen LogP contribution in [0.3, 0.4) is 0 Å². The van der Waals surface area contributed by atoms with Gasteiger partial charge in [0.1, 0.15) is 5.60 Å². The van der Waals surface area contributed by atoms with Crippen LogP contribution >= 0.6 is 0 Å². The van der Waals surface area contributed by atoms with E-state index in [4.69, 9.17) is 15.0 Å². The molecule has 1 atom stereocenters. The van der Waals surface area contributed by atoms with E-state index in [1.165, 1.54) is 0 Å². The summed E-state index contributed by atoms with van der Waals surface area (Å²) in [5, 5.41) is 3.93. The van der Waals surface area contributed by atoms with Gasteiger partial charge in [-0.25, -0.2) is 0 Å². The average Bonchev–Trinajstić information content (AvgIpc) is 2.74. The number of aryl methyl sites for hydroxylation is 1. The minimum absolute atomic E-state index is 0.454. The zero-order valence-corrected chi connectivity index (χ0v) is 9.62. The molecule has 0 aliphatic rings. The van der Waals surface area contributed by atoms with E-state index in [2.05, 4.69) is 10.1 Å². The molecule has 0 aromatic carbocycles. The van der Waals surface area contributed by atoms with Gasteiger partial charge in [-0.15, -0.1) is 0 Å². The summed E-state index contributed by atoms with van der Waals surface area (Å²) in [7, 11) is 1.65. The maximum absolute atomic E-state index is 5.41. The monoisotopic (exact) mass is 213 g/mol. The smallest absolute Gasteiger partial charge is 0.226 e. The number of aromatic nitrogens is 2. The van der Waals surface area contributed by atoms with Crippen LogP contribution in [0, 0.1) is 0 Å². The molecule has 1 aromatic rings. The Morgan fingerprint density at radius 2 is 2.27 bits per heavy atom. The summed E-state index contributed by atoms with van der Waals surface area (Å²) < 4.78 is 10.5. The summed E-state index contributed by atoms with van der Waals surface area (Å²) in [6, 6.07) is 0. The van der Waals surface area contributed by atoms with Crippen molar-refractivity contribution < 1.29 is 9.26 Å². The van der Waals surface area contributed by atoms with Gasteiger partial charge < -0.3 is 15.0 Å². The molecule has 0 saturated heterocycles. The van der Waals surface area contributed by atoms with Crippen LogP contribution in [0.15, 0.2) is 4.52 Å². The van der Waals surface area contributed by atoms with Crippen molar-refractivity contribution in [1.29, 1.82) is 0 Å². The summed E-state index contributed by atoms with van der Waals surface area (Å²) >= 11 is 0. The molecule has 86 valence electrons. The van der Waals surface area contributed by atoms with Gasteiger partial charge >= 0.3 is 0 Å². The molecule has 0 aliphatic carbocycles. The van der Waals surface area contributed by atoms with Crippen molar-refractivity contribution >= 4 is 0 Å². The maximum atomic E-state index is 5.41. The Hall–Kier alpha value is -0.940. The van der Waals surface area contributed by atoms with Crippen LogP contribution in [0.1, 0.15) is 38.4 Å². The zero-order chi connectivity index (χ0) is 11.3. The van der Waals surface area contributed by atoms with E-state index in [1.54, 1.807) is 7.11 Å². The van der Waals surface area contributed by atoms with Gasteiger partial charge in [0.05, 0.1) is 0 Å².